The van der Waals surface area contributed by atoms with Crippen molar-refractivity contribution in [3.05, 3.63) is 105 Å². The van der Waals surface area contributed by atoms with Crippen LogP contribution in [0.3, 0.4) is 0 Å². The third-order valence-corrected chi connectivity index (χ3v) is 7.06. The van der Waals surface area contributed by atoms with Crippen LogP contribution in [0.4, 0.5) is 8.78 Å². The maximum Gasteiger partial charge on any atom is 0.265 e. The third-order valence-electron chi connectivity index (χ3n) is 7.06. The minimum Gasteiger partial charge on any atom is -0.506 e. The SMILES string of the molecule is COc1cccc(C)c1-c1c(-c2ccc(F)cc2)[nH]c(=O)c(C(=O)N2CCC(c3ccccc3F)C2)c1O. The van der Waals surface area contributed by atoms with Gasteiger partial charge in [-0.2, -0.15) is 0 Å². The molecule has 1 aliphatic heterocycles. The van der Waals surface area contributed by atoms with Crippen LogP contribution in [0.25, 0.3) is 22.4 Å². The number of H-pyrrole nitrogens is 1. The lowest BCUT2D eigenvalue weighted by molar-refractivity contribution is 0.0786. The average molecular weight is 517 g/mol. The molecule has 2 heterocycles. The summed E-state index contributed by atoms with van der Waals surface area (Å²) in [6.45, 7) is 2.33. The molecule has 1 aromatic heterocycles. The van der Waals surface area contributed by atoms with Crippen molar-refractivity contribution in [2.45, 2.75) is 19.3 Å². The molecular formula is C30H26F2N2O4. The predicted molar refractivity (Wildman–Crippen MR) is 141 cm³/mol. The van der Waals surface area contributed by atoms with Crippen LogP contribution in [0.2, 0.25) is 0 Å². The Morgan fingerprint density at radius 1 is 1.03 bits per heavy atom. The molecule has 1 aliphatic rings. The van der Waals surface area contributed by atoms with Crippen molar-refractivity contribution < 1.29 is 23.4 Å². The largest absolute Gasteiger partial charge is 0.506 e. The second-order valence-electron chi connectivity index (χ2n) is 9.35. The molecule has 1 saturated heterocycles. The van der Waals surface area contributed by atoms with Gasteiger partial charge in [-0.3, -0.25) is 9.59 Å². The third kappa shape index (κ3) is 4.42. The monoisotopic (exact) mass is 516 g/mol. The summed E-state index contributed by atoms with van der Waals surface area (Å²) in [6, 6.07) is 17.2. The summed E-state index contributed by atoms with van der Waals surface area (Å²) in [5.41, 5.74) is 1.40. The van der Waals surface area contributed by atoms with Crippen LogP contribution >= 0.6 is 0 Å². The number of halogens is 2. The Morgan fingerprint density at radius 2 is 1.76 bits per heavy atom. The highest BCUT2D eigenvalue weighted by Gasteiger charge is 2.34. The minimum absolute atomic E-state index is 0.194. The Hall–Kier alpha value is -4.46. The fourth-order valence-electron chi connectivity index (χ4n) is 5.16. The lowest BCUT2D eigenvalue weighted by atomic mass is 9.92. The van der Waals surface area contributed by atoms with E-state index in [9.17, 15) is 23.5 Å². The van der Waals surface area contributed by atoms with Gasteiger partial charge in [-0.15, -0.1) is 0 Å². The van der Waals surface area contributed by atoms with Crippen LogP contribution in [-0.4, -0.2) is 41.1 Å². The first-order chi connectivity index (χ1) is 18.3. The van der Waals surface area contributed by atoms with Crippen LogP contribution in [0.15, 0.2) is 71.5 Å². The number of rotatable bonds is 5. The predicted octanol–water partition coefficient (Wildman–Crippen LogP) is 5.64. The molecule has 5 rings (SSSR count). The van der Waals surface area contributed by atoms with Crippen LogP contribution in [-0.2, 0) is 0 Å². The molecule has 4 aromatic rings. The highest BCUT2D eigenvalue weighted by Crippen LogP contribution is 2.44. The van der Waals surface area contributed by atoms with Crippen molar-refractivity contribution in [1.82, 2.24) is 9.88 Å². The lowest BCUT2D eigenvalue weighted by Gasteiger charge is -2.21. The summed E-state index contributed by atoms with van der Waals surface area (Å²) in [6.07, 6.45) is 0.525. The first-order valence-corrected chi connectivity index (χ1v) is 12.2. The van der Waals surface area contributed by atoms with E-state index < -0.39 is 28.6 Å². The number of ether oxygens (including phenoxy) is 1. The molecular weight excluding hydrogens is 490 g/mol. The number of methoxy groups -OCH3 is 1. The second kappa shape index (κ2) is 10.1. The van der Waals surface area contributed by atoms with Gasteiger partial charge in [0.25, 0.3) is 11.5 Å². The number of carbonyl (C=O) groups is 1. The zero-order chi connectivity index (χ0) is 27.0. The number of amides is 1. The Bertz CT molecular complexity index is 1580. The molecule has 2 N–H and O–H groups in total. The van der Waals surface area contributed by atoms with Crippen molar-refractivity contribution in [2.24, 2.45) is 0 Å². The zero-order valence-corrected chi connectivity index (χ0v) is 20.9. The van der Waals surface area contributed by atoms with Crippen molar-refractivity contribution in [2.75, 3.05) is 20.2 Å². The van der Waals surface area contributed by atoms with Gasteiger partial charge in [0, 0.05) is 24.6 Å². The van der Waals surface area contributed by atoms with E-state index in [1.165, 1.54) is 42.3 Å². The number of hydrogen-bond donors (Lipinski definition) is 2. The van der Waals surface area contributed by atoms with E-state index in [2.05, 4.69) is 4.98 Å². The maximum absolute atomic E-state index is 14.4. The van der Waals surface area contributed by atoms with E-state index in [1.807, 2.05) is 13.0 Å². The van der Waals surface area contributed by atoms with Crippen LogP contribution in [0, 0.1) is 18.6 Å². The number of carbonyl (C=O) groups excluding carboxylic acids is 1. The molecule has 0 aliphatic carbocycles. The van der Waals surface area contributed by atoms with E-state index >= 15 is 0 Å². The number of aromatic nitrogens is 1. The summed E-state index contributed by atoms with van der Waals surface area (Å²) in [5, 5.41) is 11.6. The molecule has 0 spiro atoms. The number of aromatic amines is 1. The van der Waals surface area contributed by atoms with Crippen molar-refractivity contribution in [3.8, 4) is 33.9 Å². The number of aromatic hydroxyl groups is 1. The van der Waals surface area contributed by atoms with Crippen molar-refractivity contribution in [3.63, 3.8) is 0 Å². The van der Waals surface area contributed by atoms with Crippen LogP contribution in [0.5, 0.6) is 11.5 Å². The fraction of sp³-hybridized carbons (Fsp3) is 0.200. The fourth-order valence-corrected chi connectivity index (χ4v) is 5.16. The molecule has 194 valence electrons. The van der Waals surface area contributed by atoms with E-state index in [0.29, 0.717) is 35.4 Å². The molecule has 0 bridgehead atoms. The highest BCUT2D eigenvalue weighted by atomic mass is 19.1. The number of nitrogens with one attached hydrogen (secondary N) is 1. The summed E-state index contributed by atoms with van der Waals surface area (Å²) in [7, 11) is 1.48. The molecule has 0 radical (unpaired) electrons. The second-order valence-corrected chi connectivity index (χ2v) is 9.35. The Balaban J connectivity index is 1.64. The van der Waals surface area contributed by atoms with Gasteiger partial charge < -0.3 is 19.7 Å². The van der Waals surface area contributed by atoms with Gasteiger partial charge in [-0.25, -0.2) is 8.78 Å². The van der Waals surface area contributed by atoms with Crippen LogP contribution in [0.1, 0.15) is 33.8 Å². The van der Waals surface area contributed by atoms with E-state index in [4.69, 9.17) is 4.74 Å². The molecule has 8 heteroatoms. The normalized spacial score (nSPS) is 15.1. The van der Waals surface area contributed by atoms with Gasteiger partial charge in [0.2, 0.25) is 0 Å². The van der Waals surface area contributed by atoms with E-state index in [1.54, 1.807) is 30.3 Å². The average Bonchev–Trinajstić information content (AvgIpc) is 3.39. The minimum atomic E-state index is -0.780. The lowest BCUT2D eigenvalue weighted by Crippen LogP contribution is -2.33. The number of likely N-dealkylation sites (tertiary alicyclic amines) is 1. The molecule has 3 aromatic carbocycles. The molecule has 1 amide bonds. The summed E-state index contributed by atoms with van der Waals surface area (Å²) >= 11 is 0. The molecule has 0 saturated carbocycles. The molecule has 1 fully saturated rings. The number of aryl methyl sites for hydroxylation is 1. The smallest absolute Gasteiger partial charge is 0.265 e. The topological polar surface area (TPSA) is 82.6 Å². The Morgan fingerprint density at radius 3 is 2.47 bits per heavy atom. The number of hydrogen-bond acceptors (Lipinski definition) is 4. The van der Waals surface area contributed by atoms with Gasteiger partial charge in [-0.1, -0.05) is 30.3 Å². The summed E-state index contributed by atoms with van der Waals surface area (Å²) in [5.74, 6) is -1.75. The molecule has 1 atom stereocenters. The zero-order valence-electron chi connectivity index (χ0n) is 20.9. The van der Waals surface area contributed by atoms with Gasteiger partial charge >= 0.3 is 0 Å². The van der Waals surface area contributed by atoms with Gasteiger partial charge in [0.1, 0.15) is 28.7 Å². The van der Waals surface area contributed by atoms with E-state index in [0.717, 1.165) is 5.56 Å². The van der Waals surface area contributed by atoms with Gasteiger partial charge in [-0.05, 0) is 66.4 Å². The maximum atomic E-state index is 14.4. The number of pyridine rings is 1. The van der Waals surface area contributed by atoms with Crippen LogP contribution < -0.4 is 10.3 Å². The first-order valence-electron chi connectivity index (χ1n) is 12.2. The van der Waals surface area contributed by atoms with E-state index in [-0.39, 0.29) is 29.5 Å². The van der Waals surface area contributed by atoms with Crippen molar-refractivity contribution >= 4 is 5.91 Å². The molecule has 1 unspecified atom stereocenters. The highest BCUT2D eigenvalue weighted by molar-refractivity contribution is 6.02. The first kappa shape index (κ1) is 25.2. The van der Waals surface area contributed by atoms with Crippen molar-refractivity contribution in [1.29, 1.82) is 0 Å². The quantitative estimate of drug-likeness (QED) is 0.360. The van der Waals surface area contributed by atoms with Gasteiger partial charge in [0.05, 0.1) is 18.4 Å². The number of nitrogens with zero attached hydrogens (tertiary/aromatic N) is 1. The Kier molecular flexibility index (Phi) is 6.72. The molecule has 38 heavy (non-hydrogen) atoms. The summed E-state index contributed by atoms with van der Waals surface area (Å²) in [4.78, 5) is 31.1. The Labute approximate surface area is 218 Å². The standard InChI is InChI=1S/C30H26F2N2O4/c1-17-6-5-9-23(38-2)24(17)25-27(18-10-12-20(31)13-11-18)33-29(36)26(28(25)35)30(37)34-15-14-19(16-34)21-7-3-4-8-22(21)32/h3-13,19H,14-16H2,1-2H3,(H2,33,35,36). The summed E-state index contributed by atoms with van der Waals surface area (Å²) < 4.78 is 33.6. The molecule has 6 nitrogen and oxygen atoms in total. The number of benzene rings is 3. The van der Waals surface area contributed by atoms with Gasteiger partial charge in [0.15, 0.2) is 0 Å².